The molecule has 1 amide bonds. The third kappa shape index (κ3) is 3.65. The highest BCUT2D eigenvalue weighted by atomic mass is 35.5. The number of hydrogen-bond donors (Lipinski definition) is 2. The van der Waals surface area contributed by atoms with Crippen molar-refractivity contribution in [2.45, 2.75) is 18.5 Å². The fraction of sp³-hybridized carbons (Fsp3) is 0.292. The van der Waals surface area contributed by atoms with Gasteiger partial charge in [0.1, 0.15) is 6.04 Å². The van der Waals surface area contributed by atoms with E-state index < -0.39 is 0 Å². The van der Waals surface area contributed by atoms with Crippen LogP contribution in [0.2, 0.25) is 5.02 Å². The molecule has 2 fully saturated rings. The van der Waals surface area contributed by atoms with E-state index in [4.69, 9.17) is 11.6 Å². The van der Waals surface area contributed by atoms with Crippen molar-refractivity contribution >= 4 is 34.0 Å². The van der Waals surface area contributed by atoms with Crippen LogP contribution in [-0.4, -0.2) is 43.0 Å². The summed E-state index contributed by atoms with van der Waals surface area (Å²) in [5, 5.41) is 3.22. The SMILES string of the molecule is O=C(C1CC(c2cccc3ccccc23)NN1)N1CCN(c2ccccc2Cl)CC1. The summed E-state index contributed by atoms with van der Waals surface area (Å²) in [5.41, 5.74) is 8.87. The summed E-state index contributed by atoms with van der Waals surface area (Å²) in [6, 6.07) is 22.6. The Morgan fingerprint density at radius 1 is 0.867 bits per heavy atom. The predicted octanol–water partition coefficient (Wildman–Crippen LogP) is 3.75. The quantitative estimate of drug-likeness (QED) is 0.677. The Labute approximate surface area is 181 Å². The molecule has 0 aliphatic carbocycles. The number of anilines is 1. The third-order valence-electron chi connectivity index (χ3n) is 6.18. The molecule has 2 aliphatic rings. The van der Waals surface area contributed by atoms with E-state index in [-0.39, 0.29) is 18.0 Å². The van der Waals surface area contributed by atoms with Crippen molar-refractivity contribution in [1.82, 2.24) is 15.8 Å². The first-order chi connectivity index (χ1) is 14.7. The maximum atomic E-state index is 13.1. The van der Waals surface area contributed by atoms with Crippen LogP contribution in [0, 0.1) is 0 Å². The molecular formula is C24H25ClN4O. The monoisotopic (exact) mass is 420 g/mol. The number of rotatable bonds is 3. The summed E-state index contributed by atoms with van der Waals surface area (Å²) in [4.78, 5) is 17.4. The lowest BCUT2D eigenvalue weighted by atomic mass is 9.96. The van der Waals surface area contributed by atoms with E-state index >= 15 is 0 Å². The van der Waals surface area contributed by atoms with E-state index in [1.807, 2.05) is 29.2 Å². The number of hydrazine groups is 1. The molecule has 2 saturated heterocycles. The van der Waals surface area contributed by atoms with Crippen molar-refractivity contribution in [3.8, 4) is 0 Å². The van der Waals surface area contributed by atoms with Crippen LogP contribution in [0.15, 0.2) is 66.7 Å². The van der Waals surface area contributed by atoms with Gasteiger partial charge in [-0.15, -0.1) is 0 Å². The minimum atomic E-state index is -0.208. The van der Waals surface area contributed by atoms with E-state index in [1.54, 1.807) is 0 Å². The molecule has 2 N–H and O–H groups in total. The second-order valence-electron chi connectivity index (χ2n) is 7.96. The van der Waals surface area contributed by atoms with Gasteiger partial charge in [-0.1, -0.05) is 66.2 Å². The fourth-order valence-electron chi connectivity index (χ4n) is 4.57. The number of fused-ring (bicyclic) bond motifs is 1. The first-order valence-electron chi connectivity index (χ1n) is 10.5. The predicted molar refractivity (Wildman–Crippen MR) is 122 cm³/mol. The van der Waals surface area contributed by atoms with Gasteiger partial charge in [0.05, 0.1) is 10.7 Å². The number of halogens is 1. The molecule has 154 valence electrons. The lowest BCUT2D eigenvalue weighted by molar-refractivity contribution is -0.133. The molecule has 0 bridgehead atoms. The summed E-state index contributed by atoms with van der Waals surface area (Å²) in [6.45, 7) is 3.01. The number of nitrogens with zero attached hydrogens (tertiary/aromatic N) is 2. The standard InChI is InChI=1S/C24H25ClN4O/c25-20-10-3-4-11-23(20)28-12-14-29(15-13-28)24(30)22-16-21(26-27-22)19-9-5-7-17-6-1-2-8-18(17)19/h1-11,21-22,26-27H,12-16H2. The number of nitrogens with one attached hydrogen (secondary N) is 2. The van der Waals surface area contributed by atoms with Gasteiger partial charge in [0.2, 0.25) is 5.91 Å². The average Bonchev–Trinajstić information content (AvgIpc) is 3.29. The molecule has 6 heteroatoms. The number of amides is 1. The second-order valence-corrected chi connectivity index (χ2v) is 8.37. The Kier molecular flexibility index (Phi) is 5.34. The lowest BCUT2D eigenvalue weighted by Gasteiger charge is -2.37. The number of carbonyl (C=O) groups excluding carboxylic acids is 1. The van der Waals surface area contributed by atoms with Crippen LogP contribution < -0.4 is 15.8 Å². The van der Waals surface area contributed by atoms with Crippen molar-refractivity contribution in [3.05, 3.63) is 77.3 Å². The number of para-hydroxylation sites is 1. The zero-order chi connectivity index (χ0) is 20.5. The Hall–Kier alpha value is -2.60. The van der Waals surface area contributed by atoms with Crippen LogP contribution in [0.1, 0.15) is 18.0 Å². The molecule has 2 unspecified atom stereocenters. The average molecular weight is 421 g/mol. The number of hydrogen-bond acceptors (Lipinski definition) is 4. The number of carbonyl (C=O) groups is 1. The molecule has 0 spiro atoms. The van der Waals surface area contributed by atoms with E-state index in [1.165, 1.54) is 16.3 Å². The maximum Gasteiger partial charge on any atom is 0.241 e. The lowest BCUT2D eigenvalue weighted by Crippen LogP contribution is -2.53. The van der Waals surface area contributed by atoms with Gasteiger partial charge in [0.25, 0.3) is 0 Å². The molecule has 2 aliphatic heterocycles. The van der Waals surface area contributed by atoms with Crippen LogP contribution in [0.3, 0.4) is 0 Å². The van der Waals surface area contributed by atoms with E-state index in [0.717, 1.165) is 30.2 Å². The molecule has 3 aromatic carbocycles. The molecule has 2 atom stereocenters. The molecule has 0 aromatic heterocycles. The molecule has 0 saturated carbocycles. The van der Waals surface area contributed by atoms with Crippen LogP contribution in [0.5, 0.6) is 0 Å². The topological polar surface area (TPSA) is 47.6 Å². The molecule has 5 rings (SSSR count). The second kappa shape index (κ2) is 8.26. The van der Waals surface area contributed by atoms with Gasteiger partial charge in [-0.25, -0.2) is 10.9 Å². The minimum absolute atomic E-state index is 0.120. The molecule has 0 radical (unpaired) electrons. The van der Waals surface area contributed by atoms with Gasteiger partial charge in [-0.05, 0) is 34.9 Å². The summed E-state index contributed by atoms with van der Waals surface area (Å²) in [5.74, 6) is 0.170. The smallest absolute Gasteiger partial charge is 0.241 e. The van der Waals surface area contributed by atoms with E-state index in [2.05, 4.69) is 58.2 Å². The molecule has 3 aromatic rings. The molecule has 2 heterocycles. The molecule has 30 heavy (non-hydrogen) atoms. The van der Waals surface area contributed by atoms with Crippen molar-refractivity contribution in [3.63, 3.8) is 0 Å². The number of piperazine rings is 1. The maximum absolute atomic E-state index is 13.1. The summed E-state index contributed by atoms with van der Waals surface area (Å²) in [7, 11) is 0. The third-order valence-corrected chi connectivity index (χ3v) is 6.50. The zero-order valence-corrected chi connectivity index (χ0v) is 17.5. The Bertz CT molecular complexity index is 1060. The van der Waals surface area contributed by atoms with Crippen molar-refractivity contribution in [2.24, 2.45) is 0 Å². The van der Waals surface area contributed by atoms with E-state index in [0.29, 0.717) is 13.1 Å². The first kappa shape index (κ1) is 19.4. The normalized spacial score (nSPS) is 21.9. The van der Waals surface area contributed by atoms with Crippen LogP contribution >= 0.6 is 11.6 Å². The zero-order valence-electron chi connectivity index (χ0n) is 16.7. The Morgan fingerprint density at radius 2 is 1.60 bits per heavy atom. The minimum Gasteiger partial charge on any atom is -0.367 e. The van der Waals surface area contributed by atoms with Gasteiger partial charge < -0.3 is 9.80 Å². The summed E-state index contributed by atoms with van der Waals surface area (Å²) in [6.07, 6.45) is 0.748. The highest BCUT2D eigenvalue weighted by molar-refractivity contribution is 6.33. The van der Waals surface area contributed by atoms with Crippen molar-refractivity contribution < 1.29 is 4.79 Å². The van der Waals surface area contributed by atoms with Crippen LogP contribution in [0.4, 0.5) is 5.69 Å². The van der Waals surface area contributed by atoms with Gasteiger partial charge in [0.15, 0.2) is 0 Å². The van der Waals surface area contributed by atoms with Gasteiger partial charge in [-0.2, -0.15) is 0 Å². The van der Waals surface area contributed by atoms with Gasteiger partial charge in [0, 0.05) is 32.2 Å². The van der Waals surface area contributed by atoms with E-state index in [9.17, 15) is 4.79 Å². The highest BCUT2D eigenvalue weighted by Crippen LogP contribution is 2.30. The first-order valence-corrected chi connectivity index (χ1v) is 10.9. The van der Waals surface area contributed by atoms with Gasteiger partial charge >= 0.3 is 0 Å². The largest absolute Gasteiger partial charge is 0.367 e. The van der Waals surface area contributed by atoms with Gasteiger partial charge in [-0.3, -0.25) is 4.79 Å². The summed E-state index contributed by atoms with van der Waals surface area (Å²) >= 11 is 6.34. The molecular weight excluding hydrogens is 396 g/mol. The highest BCUT2D eigenvalue weighted by Gasteiger charge is 2.34. The number of benzene rings is 3. The van der Waals surface area contributed by atoms with Crippen LogP contribution in [-0.2, 0) is 4.79 Å². The summed E-state index contributed by atoms with van der Waals surface area (Å²) < 4.78 is 0. The van der Waals surface area contributed by atoms with Crippen molar-refractivity contribution in [1.29, 1.82) is 0 Å². The van der Waals surface area contributed by atoms with Crippen LogP contribution in [0.25, 0.3) is 10.8 Å². The Morgan fingerprint density at radius 3 is 2.43 bits per heavy atom. The molecule has 5 nitrogen and oxygen atoms in total. The van der Waals surface area contributed by atoms with Crippen molar-refractivity contribution in [2.75, 3.05) is 31.1 Å². The fourth-order valence-corrected chi connectivity index (χ4v) is 4.83. The Balaban J connectivity index is 1.23.